The Labute approximate surface area is 122 Å². The van der Waals surface area contributed by atoms with Gasteiger partial charge in [0, 0.05) is 6.54 Å². The van der Waals surface area contributed by atoms with Crippen LogP contribution in [0.3, 0.4) is 0 Å². The van der Waals surface area contributed by atoms with Crippen LogP contribution in [0.5, 0.6) is 0 Å². The van der Waals surface area contributed by atoms with Gasteiger partial charge >= 0.3 is 6.18 Å². The number of nitrogens with one attached hydrogen (secondary N) is 1. The molecular formula is C15H21F3N2O. The fourth-order valence-electron chi connectivity index (χ4n) is 2.10. The Bertz CT molecular complexity index is 492. The number of hydrogen-bond acceptors (Lipinski definition) is 2. The van der Waals surface area contributed by atoms with Gasteiger partial charge in [0.05, 0.1) is 17.2 Å². The maximum atomic E-state index is 12.9. The van der Waals surface area contributed by atoms with Crippen molar-refractivity contribution in [3.8, 4) is 0 Å². The summed E-state index contributed by atoms with van der Waals surface area (Å²) >= 11 is 0. The van der Waals surface area contributed by atoms with Gasteiger partial charge in [-0.1, -0.05) is 32.9 Å². The third-order valence-electron chi connectivity index (χ3n) is 3.00. The number of nitrogens with two attached hydrogens (primary N) is 1. The molecule has 118 valence electrons. The van der Waals surface area contributed by atoms with Crippen molar-refractivity contribution in [2.45, 2.75) is 33.4 Å². The highest BCUT2D eigenvalue weighted by molar-refractivity contribution is 5.93. The third-order valence-corrected chi connectivity index (χ3v) is 3.00. The lowest BCUT2D eigenvalue weighted by Gasteiger charge is -2.25. The summed E-state index contributed by atoms with van der Waals surface area (Å²) in [5.74, 6) is -1.00. The van der Waals surface area contributed by atoms with Crippen molar-refractivity contribution in [2.75, 3.05) is 11.9 Å². The Balaban J connectivity index is 2.93. The van der Waals surface area contributed by atoms with Gasteiger partial charge in [0.25, 0.3) is 0 Å². The van der Waals surface area contributed by atoms with Gasteiger partial charge in [-0.3, -0.25) is 4.79 Å². The normalized spacial score (nSPS) is 13.9. The number of carbonyl (C=O) groups is 1. The van der Waals surface area contributed by atoms with E-state index in [1.807, 2.05) is 20.8 Å². The Morgan fingerprint density at radius 3 is 2.29 bits per heavy atom. The first kappa shape index (κ1) is 17.5. The van der Waals surface area contributed by atoms with Crippen molar-refractivity contribution < 1.29 is 18.0 Å². The van der Waals surface area contributed by atoms with Gasteiger partial charge in [0.15, 0.2) is 0 Å². The third kappa shape index (κ3) is 5.38. The Hall–Kier alpha value is -1.56. The topological polar surface area (TPSA) is 55.1 Å². The van der Waals surface area contributed by atoms with Gasteiger partial charge in [0.1, 0.15) is 0 Å². The average Bonchev–Trinajstić information content (AvgIpc) is 2.34. The summed E-state index contributed by atoms with van der Waals surface area (Å²) < 4.78 is 38.6. The molecule has 1 atom stereocenters. The van der Waals surface area contributed by atoms with Crippen LogP contribution in [-0.2, 0) is 11.0 Å². The van der Waals surface area contributed by atoms with Crippen molar-refractivity contribution in [3.05, 3.63) is 29.8 Å². The molecule has 6 heteroatoms. The standard InChI is InChI=1S/C15H21F3N2O/c1-14(2,3)8-10(9-19)13(21)20-12-7-5-4-6-11(12)15(16,17)18/h4-7,10H,8-9,19H2,1-3H3,(H,20,21). The zero-order valence-electron chi connectivity index (χ0n) is 12.4. The van der Waals surface area contributed by atoms with Crippen LogP contribution >= 0.6 is 0 Å². The highest BCUT2D eigenvalue weighted by Gasteiger charge is 2.34. The number of amides is 1. The molecule has 3 N–H and O–H groups in total. The van der Waals surface area contributed by atoms with E-state index < -0.39 is 23.6 Å². The molecule has 0 saturated heterocycles. The summed E-state index contributed by atoms with van der Waals surface area (Å²) in [7, 11) is 0. The number of benzene rings is 1. The van der Waals surface area contributed by atoms with Gasteiger partial charge in [-0.25, -0.2) is 0 Å². The summed E-state index contributed by atoms with van der Waals surface area (Å²) in [6.07, 6.45) is -4.00. The number of para-hydroxylation sites is 1. The molecule has 0 aliphatic heterocycles. The zero-order chi connectivity index (χ0) is 16.3. The second-order valence-corrected chi connectivity index (χ2v) is 6.23. The first-order valence-corrected chi connectivity index (χ1v) is 6.72. The van der Waals surface area contributed by atoms with Crippen LogP contribution in [0.15, 0.2) is 24.3 Å². The van der Waals surface area contributed by atoms with E-state index in [1.165, 1.54) is 18.2 Å². The number of alkyl halides is 3. The monoisotopic (exact) mass is 302 g/mol. The van der Waals surface area contributed by atoms with E-state index in [0.29, 0.717) is 6.42 Å². The molecule has 1 amide bonds. The number of halogens is 3. The smallest absolute Gasteiger partial charge is 0.330 e. The molecule has 3 nitrogen and oxygen atoms in total. The SMILES string of the molecule is CC(C)(C)CC(CN)C(=O)Nc1ccccc1C(F)(F)F. The van der Waals surface area contributed by atoms with Crippen molar-refractivity contribution >= 4 is 11.6 Å². The second kappa shape index (κ2) is 6.47. The van der Waals surface area contributed by atoms with Crippen molar-refractivity contribution in [2.24, 2.45) is 17.1 Å². The summed E-state index contributed by atoms with van der Waals surface area (Å²) in [5, 5.41) is 2.35. The molecule has 0 aromatic heterocycles. The lowest BCUT2D eigenvalue weighted by molar-refractivity contribution is -0.137. The molecule has 1 aromatic carbocycles. The molecule has 0 saturated carbocycles. The number of carbonyl (C=O) groups excluding carboxylic acids is 1. The number of rotatable bonds is 4. The van der Waals surface area contributed by atoms with E-state index >= 15 is 0 Å². The lowest BCUT2D eigenvalue weighted by Crippen LogP contribution is -2.33. The first-order chi connectivity index (χ1) is 9.54. The minimum absolute atomic E-state index is 0.0945. The quantitative estimate of drug-likeness (QED) is 0.892. The van der Waals surface area contributed by atoms with Crippen molar-refractivity contribution in [3.63, 3.8) is 0 Å². The summed E-state index contributed by atoms with van der Waals surface area (Å²) in [4.78, 5) is 12.1. The van der Waals surface area contributed by atoms with Crippen LogP contribution in [0.25, 0.3) is 0 Å². The van der Waals surface area contributed by atoms with Gasteiger partial charge in [-0.15, -0.1) is 0 Å². The molecule has 0 bridgehead atoms. The van der Waals surface area contributed by atoms with E-state index in [4.69, 9.17) is 5.73 Å². The first-order valence-electron chi connectivity index (χ1n) is 6.72. The van der Waals surface area contributed by atoms with E-state index in [-0.39, 0.29) is 17.6 Å². The van der Waals surface area contributed by atoms with Crippen LogP contribution < -0.4 is 11.1 Å². The molecular weight excluding hydrogens is 281 g/mol. The molecule has 0 aliphatic carbocycles. The predicted molar refractivity (Wildman–Crippen MR) is 76.7 cm³/mol. The second-order valence-electron chi connectivity index (χ2n) is 6.23. The number of anilines is 1. The Kier molecular flexibility index (Phi) is 5.39. The summed E-state index contributed by atoms with van der Waals surface area (Å²) in [6.45, 7) is 5.95. The lowest BCUT2D eigenvalue weighted by atomic mass is 9.84. The van der Waals surface area contributed by atoms with E-state index in [0.717, 1.165) is 6.07 Å². The molecule has 0 aliphatic rings. The number of hydrogen-bond donors (Lipinski definition) is 2. The van der Waals surface area contributed by atoms with Crippen LogP contribution in [0.4, 0.5) is 18.9 Å². The molecule has 0 radical (unpaired) electrons. The van der Waals surface area contributed by atoms with Gasteiger partial charge in [-0.05, 0) is 24.0 Å². The molecule has 0 heterocycles. The molecule has 0 fully saturated rings. The highest BCUT2D eigenvalue weighted by Crippen LogP contribution is 2.35. The minimum atomic E-state index is -4.51. The molecule has 1 unspecified atom stereocenters. The fraction of sp³-hybridized carbons (Fsp3) is 0.533. The minimum Gasteiger partial charge on any atom is -0.330 e. The van der Waals surface area contributed by atoms with Gasteiger partial charge < -0.3 is 11.1 Å². The van der Waals surface area contributed by atoms with Crippen molar-refractivity contribution in [1.82, 2.24) is 0 Å². The molecule has 21 heavy (non-hydrogen) atoms. The van der Waals surface area contributed by atoms with Crippen LogP contribution in [0.1, 0.15) is 32.8 Å². The summed E-state index contributed by atoms with van der Waals surface area (Å²) in [6, 6.07) is 4.92. The fourth-order valence-corrected chi connectivity index (χ4v) is 2.10. The predicted octanol–water partition coefficient (Wildman–Crippen LogP) is 3.66. The molecule has 1 rings (SSSR count). The largest absolute Gasteiger partial charge is 0.418 e. The molecule has 0 spiro atoms. The Morgan fingerprint density at radius 2 is 1.81 bits per heavy atom. The summed E-state index contributed by atoms with van der Waals surface area (Å²) in [5.41, 5.74) is 4.35. The maximum Gasteiger partial charge on any atom is 0.418 e. The van der Waals surface area contributed by atoms with Crippen LogP contribution in [0.2, 0.25) is 0 Å². The van der Waals surface area contributed by atoms with Crippen LogP contribution in [-0.4, -0.2) is 12.5 Å². The highest BCUT2D eigenvalue weighted by atomic mass is 19.4. The Morgan fingerprint density at radius 1 is 1.24 bits per heavy atom. The van der Waals surface area contributed by atoms with E-state index in [9.17, 15) is 18.0 Å². The van der Waals surface area contributed by atoms with E-state index in [2.05, 4.69) is 5.32 Å². The molecule has 1 aromatic rings. The van der Waals surface area contributed by atoms with Gasteiger partial charge in [0.2, 0.25) is 5.91 Å². The van der Waals surface area contributed by atoms with E-state index in [1.54, 1.807) is 0 Å². The zero-order valence-corrected chi connectivity index (χ0v) is 12.4. The maximum absolute atomic E-state index is 12.9. The van der Waals surface area contributed by atoms with Crippen molar-refractivity contribution in [1.29, 1.82) is 0 Å². The van der Waals surface area contributed by atoms with Gasteiger partial charge in [-0.2, -0.15) is 13.2 Å². The average molecular weight is 302 g/mol. The van der Waals surface area contributed by atoms with Crippen LogP contribution in [0, 0.1) is 11.3 Å².